The number of ether oxygens (including phenoxy) is 1. The van der Waals surface area contributed by atoms with Gasteiger partial charge in [-0.3, -0.25) is 4.79 Å². The summed E-state index contributed by atoms with van der Waals surface area (Å²) in [5.74, 6) is 0. The van der Waals surface area contributed by atoms with Gasteiger partial charge in [-0.15, -0.1) is 0 Å². The Labute approximate surface area is 127 Å². The summed E-state index contributed by atoms with van der Waals surface area (Å²) < 4.78 is 6.76. The maximum atomic E-state index is 12.1. The van der Waals surface area contributed by atoms with Crippen LogP contribution >= 0.6 is 15.9 Å². The fraction of sp³-hybridized carbons (Fsp3) is 0.692. The van der Waals surface area contributed by atoms with Crippen LogP contribution in [0.5, 0.6) is 0 Å². The van der Waals surface area contributed by atoms with Crippen molar-refractivity contribution in [3.05, 3.63) is 21.0 Å². The highest BCUT2D eigenvalue weighted by molar-refractivity contribution is 9.10. The first-order valence-corrected chi connectivity index (χ1v) is 7.30. The molecule has 0 bridgehead atoms. The predicted molar refractivity (Wildman–Crippen MR) is 82.0 cm³/mol. The third-order valence-corrected chi connectivity index (χ3v) is 3.80. The summed E-state index contributed by atoms with van der Waals surface area (Å²) >= 11 is 3.30. The van der Waals surface area contributed by atoms with Crippen molar-refractivity contribution in [2.45, 2.75) is 26.8 Å². The fourth-order valence-electron chi connectivity index (χ4n) is 1.65. The number of methoxy groups -OCH3 is 1. The number of hydrogen-bond acceptors (Lipinski definition) is 5. The lowest BCUT2D eigenvalue weighted by Gasteiger charge is -2.24. The molecular weight excluding hydrogens is 326 g/mol. The van der Waals surface area contributed by atoms with Gasteiger partial charge in [-0.1, -0.05) is 13.8 Å². The first-order valence-electron chi connectivity index (χ1n) is 6.50. The van der Waals surface area contributed by atoms with E-state index in [4.69, 9.17) is 9.84 Å². The lowest BCUT2D eigenvalue weighted by molar-refractivity contribution is 0.181. The monoisotopic (exact) mass is 347 g/mol. The van der Waals surface area contributed by atoms with E-state index in [1.54, 1.807) is 13.3 Å². The second-order valence-corrected chi connectivity index (χ2v) is 6.18. The molecule has 0 aliphatic rings. The number of aliphatic hydroxyl groups excluding tert-OH is 1. The highest BCUT2D eigenvalue weighted by atomic mass is 79.9. The molecule has 2 N–H and O–H groups in total. The van der Waals surface area contributed by atoms with Gasteiger partial charge in [-0.25, -0.2) is 4.68 Å². The summed E-state index contributed by atoms with van der Waals surface area (Å²) in [6, 6.07) is 0. The van der Waals surface area contributed by atoms with E-state index in [-0.39, 0.29) is 17.6 Å². The molecule has 0 radical (unpaired) electrons. The van der Waals surface area contributed by atoms with Crippen LogP contribution in [-0.4, -0.2) is 41.8 Å². The molecule has 0 unspecified atom stereocenters. The van der Waals surface area contributed by atoms with Crippen molar-refractivity contribution >= 4 is 21.6 Å². The van der Waals surface area contributed by atoms with E-state index in [9.17, 15) is 4.79 Å². The van der Waals surface area contributed by atoms with Crippen molar-refractivity contribution in [1.29, 1.82) is 0 Å². The van der Waals surface area contributed by atoms with Crippen LogP contribution in [0.25, 0.3) is 0 Å². The average molecular weight is 348 g/mol. The highest BCUT2D eigenvalue weighted by Crippen LogP contribution is 2.23. The van der Waals surface area contributed by atoms with Crippen LogP contribution < -0.4 is 10.9 Å². The zero-order valence-corrected chi connectivity index (χ0v) is 13.7. The first kappa shape index (κ1) is 17.1. The Balaban J connectivity index is 2.78. The van der Waals surface area contributed by atoms with Gasteiger partial charge >= 0.3 is 0 Å². The first-order chi connectivity index (χ1) is 9.41. The molecule has 1 aromatic rings. The van der Waals surface area contributed by atoms with Crippen molar-refractivity contribution in [2.24, 2.45) is 5.41 Å². The van der Waals surface area contributed by atoms with Crippen LogP contribution in [0.2, 0.25) is 0 Å². The van der Waals surface area contributed by atoms with Crippen LogP contribution in [0, 0.1) is 5.41 Å². The largest absolute Gasteiger partial charge is 0.396 e. The lowest BCUT2D eigenvalue weighted by atomic mass is 9.90. The SMILES string of the molecule is COCCn1ncc(NCC(C)(C)CCO)c(Br)c1=O. The average Bonchev–Trinajstić information content (AvgIpc) is 2.39. The van der Waals surface area contributed by atoms with Crippen LogP contribution in [0.4, 0.5) is 5.69 Å². The summed E-state index contributed by atoms with van der Waals surface area (Å²) in [7, 11) is 1.58. The molecule has 0 spiro atoms. The molecule has 0 aliphatic carbocycles. The van der Waals surface area contributed by atoms with Crippen molar-refractivity contribution < 1.29 is 9.84 Å². The van der Waals surface area contributed by atoms with Gasteiger partial charge < -0.3 is 15.2 Å². The summed E-state index contributed by atoms with van der Waals surface area (Å²) in [4.78, 5) is 12.1. The van der Waals surface area contributed by atoms with Gasteiger partial charge in [0.25, 0.3) is 5.56 Å². The Bertz CT molecular complexity index is 488. The van der Waals surface area contributed by atoms with E-state index < -0.39 is 0 Å². The van der Waals surface area contributed by atoms with E-state index in [0.717, 1.165) is 0 Å². The Morgan fingerprint density at radius 2 is 2.25 bits per heavy atom. The van der Waals surface area contributed by atoms with Crippen molar-refractivity contribution in [3.8, 4) is 0 Å². The number of aliphatic hydroxyl groups is 1. The summed E-state index contributed by atoms with van der Waals surface area (Å²) in [6.45, 7) is 5.76. The second-order valence-electron chi connectivity index (χ2n) is 5.38. The number of aromatic nitrogens is 2. The molecule has 1 aromatic heterocycles. The molecule has 1 rings (SSSR count). The maximum Gasteiger partial charge on any atom is 0.283 e. The second kappa shape index (κ2) is 7.75. The quantitative estimate of drug-likeness (QED) is 0.744. The van der Waals surface area contributed by atoms with E-state index in [1.165, 1.54) is 4.68 Å². The third-order valence-electron chi connectivity index (χ3n) is 3.04. The number of anilines is 1. The summed E-state index contributed by atoms with van der Waals surface area (Å²) in [5, 5.41) is 16.3. The zero-order chi connectivity index (χ0) is 15.2. The molecule has 0 atom stereocenters. The van der Waals surface area contributed by atoms with Crippen molar-refractivity contribution in [2.75, 3.05) is 32.2 Å². The smallest absolute Gasteiger partial charge is 0.283 e. The minimum Gasteiger partial charge on any atom is -0.396 e. The molecule has 0 fully saturated rings. The molecule has 1 heterocycles. The van der Waals surface area contributed by atoms with Gasteiger partial charge in [0.1, 0.15) is 4.47 Å². The molecule has 0 aromatic carbocycles. The molecule has 7 heteroatoms. The van der Waals surface area contributed by atoms with E-state index >= 15 is 0 Å². The highest BCUT2D eigenvalue weighted by Gasteiger charge is 2.18. The summed E-state index contributed by atoms with van der Waals surface area (Å²) in [6.07, 6.45) is 2.31. The van der Waals surface area contributed by atoms with Crippen LogP contribution in [0.1, 0.15) is 20.3 Å². The third kappa shape index (κ3) is 4.88. The molecule has 20 heavy (non-hydrogen) atoms. The van der Waals surface area contributed by atoms with E-state index in [2.05, 4.69) is 40.2 Å². The van der Waals surface area contributed by atoms with Crippen molar-refractivity contribution in [3.63, 3.8) is 0 Å². The van der Waals surface area contributed by atoms with Gasteiger partial charge in [-0.05, 0) is 27.8 Å². The van der Waals surface area contributed by atoms with Crippen LogP contribution in [0.3, 0.4) is 0 Å². The minimum atomic E-state index is -0.188. The Hall–Kier alpha value is -0.920. The van der Waals surface area contributed by atoms with E-state index in [1.807, 2.05) is 0 Å². The predicted octanol–water partition coefficient (Wildman–Crippen LogP) is 1.47. The van der Waals surface area contributed by atoms with Crippen LogP contribution in [0.15, 0.2) is 15.5 Å². The van der Waals surface area contributed by atoms with Crippen LogP contribution in [-0.2, 0) is 11.3 Å². The van der Waals surface area contributed by atoms with Gasteiger partial charge in [-0.2, -0.15) is 5.10 Å². The molecular formula is C13H22BrN3O3. The molecule has 0 amide bonds. The standard InChI is InChI=1S/C13H22BrN3O3/c1-13(2,4-6-18)9-15-10-8-16-17(5-7-20-3)12(19)11(10)14/h8,15,18H,4-7,9H2,1-3H3. The maximum absolute atomic E-state index is 12.1. The molecule has 0 saturated carbocycles. The van der Waals surface area contributed by atoms with Gasteiger partial charge in [0.2, 0.25) is 0 Å². The Morgan fingerprint density at radius 1 is 1.55 bits per heavy atom. The number of hydrogen-bond donors (Lipinski definition) is 2. The minimum absolute atomic E-state index is 0.0564. The molecule has 0 saturated heterocycles. The number of rotatable bonds is 8. The number of halogens is 1. The number of nitrogens with zero attached hydrogens (tertiary/aromatic N) is 2. The lowest BCUT2D eigenvalue weighted by Crippen LogP contribution is -2.28. The van der Waals surface area contributed by atoms with E-state index in [0.29, 0.717) is 36.3 Å². The molecule has 0 aliphatic heterocycles. The zero-order valence-electron chi connectivity index (χ0n) is 12.1. The molecule has 114 valence electrons. The van der Waals surface area contributed by atoms with Gasteiger partial charge in [0.15, 0.2) is 0 Å². The summed E-state index contributed by atoms with van der Waals surface area (Å²) in [5.41, 5.74) is 0.417. The Kier molecular flexibility index (Phi) is 6.64. The number of nitrogens with one attached hydrogen (secondary N) is 1. The Morgan fingerprint density at radius 3 is 2.85 bits per heavy atom. The van der Waals surface area contributed by atoms with Gasteiger partial charge in [0, 0.05) is 20.3 Å². The topological polar surface area (TPSA) is 76.4 Å². The molecule has 6 nitrogen and oxygen atoms in total. The van der Waals surface area contributed by atoms with Gasteiger partial charge in [0.05, 0.1) is 25.0 Å². The normalized spacial score (nSPS) is 11.7. The van der Waals surface area contributed by atoms with Crippen molar-refractivity contribution in [1.82, 2.24) is 9.78 Å². The fourth-order valence-corrected chi connectivity index (χ4v) is 2.10.